The number of benzene rings is 2. The van der Waals surface area contributed by atoms with E-state index in [-0.39, 0.29) is 20.1 Å². The molecule has 0 radical (unpaired) electrons. The molecular weight excluding hydrogens is 444 g/mol. The Kier molecular flexibility index (Phi) is 3.55. The van der Waals surface area contributed by atoms with Crippen LogP contribution in [0.3, 0.4) is 0 Å². The van der Waals surface area contributed by atoms with Gasteiger partial charge < -0.3 is 9.80 Å². The second-order valence-corrected chi connectivity index (χ2v) is 6.00. The van der Waals surface area contributed by atoms with E-state index in [1.807, 2.05) is 11.3 Å². The maximum Gasteiger partial charge on any atom is 3.00 e. The Morgan fingerprint density at radius 3 is 2.55 bits per heavy atom. The van der Waals surface area contributed by atoms with Crippen LogP contribution in [-0.2, 0) is 20.1 Å². The van der Waals surface area contributed by atoms with Crippen molar-refractivity contribution in [1.82, 2.24) is 4.90 Å². The first-order valence-electron chi connectivity index (χ1n) is 6.38. The minimum absolute atomic E-state index is 0. The number of fused-ring (bicyclic) bond motifs is 3. The van der Waals surface area contributed by atoms with Gasteiger partial charge >= 0.3 is 20.1 Å². The quantitative estimate of drug-likeness (QED) is 0.539. The Bertz CT molecular complexity index is 793. The molecule has 0 fully saturated rings. The third kappa shape index (κ3) is 2.05. The third-order valence-electron chi connectivity index (χ3n) is 3.57. The van der Waals surface area contributed by atoms with Crippen LogP contribution in [-0.4, -0.2) is 18.6 Å². The predicted octanol–water partition coefficient (Wildman–Crippen LogP) is 4.23. The molecule has 2 heterocycles. The second-order valence-electron chi connectivity index (χ2n) is 4.91. The van der Waals surface area contributed by atoms with Gasteiger partial charge in [-0.3, -0.25) is 0 Å². The van der Waals surface area contributed by atoms with Crippen LogP contribution in [0.4, 0.5) is 5.69 Å². The van der Waals surface area contributed by atoms with Crippen molar-refractivity contribution < 1.29 is 20.1 Å². The number of anilines is 1. The van der Waals surface area contributed by atoms with Gasteiger partial charge in [-0.2, -0.15) is 0 Å². The van der Waals surface area contributed by atoms with Gasteiger partial charge in [-0.1, -0.05) is 24.3 Å². The van der Waals surface area contributed by atoms with Crippen LogP contribution in [0, 0.1) is 0 Å². The van der Waals surface area contributed by atoms with E-state index in [2.05, 4.69) is 71.7 Å². The Morgan fingerprint density at radius 1 is 0.950 bits per heavy atom. The fourth-order valence-electron chi connectivity index (χ4n) is 2.68. The zero-order valence-corrected chi connectivity index (χ0v) is 14.3. The summed E-state index contributed by atoms with van der Waals surface area (Å²) in [6.45, 7) is 0.920. The second kappa shape index (κ2) is 5.21. The van der Waals surface area contributed by atoms with Gasteiger partial charge in [-0.05, 0) is 18.2 Å². The molecule has 0 bridgehead atoms. The van der Waals surface area contributed by atoms with Gasteiger partial charge in [0.15, 0.2) is 0 Å². The zero-order valence-electron chi connectivity index (χ0n) is 11.0. The summed E-state index contributed by atoms with van der Waals surface area (Å²) in [7, 11) is 2.10. The van der Waals surface area contributed by atoms with Gasteiger partial charge in [0.25, 0.3) is 0 Å². The average molecular weight is 459 g/mol. The standard InChI is InChI=1S/C16H14N2S.Ir/c1-17-9-10-18(11-17)13-6-4-8-15-16(13)12-5-2-3-7-14(12)19-15;/h2-10H,11H2,1H3;/q;+3. The molecule has 1 aliphatic rings. The number of hydrogen-bond acceptors (Lipinski definition) is 3. The van der Waals surface area contributed by atoms with Crippen LogP contribution < -0.4 is 4.90 Å². The van der Waals surface area contributed by atoms with Crippen molar-refractivity contribution in [2.75, 3.05) is 18.6 Å². The molecule has 0 spiro atoms. The van der Waals surface area contributed by atoms with Gasteiger partial charge in [0.2, 0.25) is 0 Å². The summed E-state index contributed by atoms with van der Waals surface area (Å²) in [5.41, 5.74) is 1.30. The summed E-state index contributed by atoms with van der Waals surface area (Å²) in [5.74, 6) is 0. The molecular formula is C16H14IrN2S+3. The van der Waals surface area contributed by atoms with Crippen molar-refractivity contribution in [3.8, 4) is 0 Å². The van der Waals surface area contributed by atoms with E-state index in [1.165, 1.54) is 25.9 Å². The molecule has 0 amide bonds. The molecule has 4 heteroatoms. The number of hydrogen-bond donors (Lipinski definition) is 0. The number of rotatable bonds is 1. The zero-order chi connectivity index (χ0) is 12.8. The summed E-state index contributed by atoms with van der Waals surface area (Å²) in [4.78, 5) is 4.49. The van der Waals surface area contributed by atoms with Crippen LogP contribution in [0.2, 0.25) is 0 Å². The van der Waals surface area contributed by atoms with Crippen LogP contribution in [0.5, 0.6) is 0 Å². The van der Waals surface area contributed by atoms with Crippen molar-refractivity contribution in [1.29, 1.82) is 0 Å². The summed E-state index contributed by atoms with van der Waals surface area (Å²) < 4.78 is 2.73. The first-order chi connectivity index (χ1) is 9.33. The van der Waals surface area contributed by atoms with Gasteiger partial charge in [0.05, 0.1) is 12.4 Å². The largest absolute Gasteiger partial charge is 3.00 e. The van der Waals surface area contributed by atoms with E-state index >= 15 is 0 Å². The molecule has 0 saturated carbocycles. The van der Waals surface area contributed by atoms with Crippen molar-refractivity contribution in [2.45, 2.75) is 0 Å². The molecule has 2 aromatic carbocycles. The maximum atomic E-state index is 2.31. The third-order valence-corrected chi connectivity index (χ3v) is 4.70. The van der Waals surface area contributed by atoms with Crippen LogP contribution in [0.25, 0.3) is 20.2 Å². The summed E-state index contributed by atoms with van der Waals surface area (Å²) in [6, 6.07) is 15.2. The first-order valence-corrected chi connectivity index (χ1v) is 7.20. The van der Waals surface area contributed by atoms with Crippen molar-refractivity contribution in [3.05, 3.63) is 54.9 Å². The van der Waals surface area contributed by atoms with Crippen LogP contribution in [0.15, 0.2) is 54.9 Å². The summed E-state index contributed by atoms with van der Waals surface area (Å²) in [5, 5.41) is 2.74. The van der Waals surface area contributed by atoms with Crippen molar-refractivity contribution in [3.63, 3.8) is 0 Å². The van der Waals surface area contributed by atoms with Gasteiger partial charge in [-0.25, -0.2) is 0 Å². The van der Waals surface area contributed by atoms with E-state index in [0.717, 1.165) is 6.67 Å². The number of nitrogens with zero attached hydrogens (tertiary/aromatic N) is 2. The summed E-state index contributed by atoms with van der Waals surface area (Å²) >= 11 is 1.87. The molecule has 100 valence electrons. The van der Waals surface area contributed by atoms with Crippen molar-refractivity contribution in [2.24, 2.45) is 0 Å². The van der Waals surface area contributed by atoms with Crippen LogP contribution in [0.1, 0.15) is 0 Å². The molecule has 20 heavy (non-hydrogen) atoms. The SMILES string of the molecule is CN1C=CN(c2cccc3sc4ccccc4c23)C1.[Ir+3]. The first kappa shape index (κ1) is 13.6. The molecule has 1 aliphatic heterocycles. The average Bonchev–Trinajstić information content (AvgIpc) is 3.01. The monoisotopic (exact) mass is 459 g/mol. The van der Waals surface area contributed by atoms with Crippen molar-refractivity contribution >= 4 is 37.2 Å². The molecule has 4 rings (SSSR count). The fraction of sp³-hybridized carbons (Fsp3) is 0.125. The number of thiophene rings is 1. The molecule has 3 aromatic rings. The van der Waals surface area contributed by atoms with E-state index in [9.17, 15) is 0 Å². The Hall–Kier alpha value is -1.35. The molecule has 0 atom stereocenters. The Balaban J connectivity index is 0.00000121. The van der Waals surface area contributed by atoms with E-state index in [1.54, 1.807) is 0 Å². The predicted molar refractivity (Wildman–Crippen MR) is 83.6 cm³/mol. The fourth-order valence-corrected chi connectivity index (χ4v) is 3.81. The van der Waals surface area contributed by atoms with Gasteiger partial charge in [0, 0.05) is 39.6 Å². The molecule has 0 N–H and O–H groups in total. The molecule has 1 aromatic heterocycles. The minimum atomic E-state index is 0. The minimum Gasteiger partial charge on any atom is -0.361 e. The van der Waals surface area contributed by atoms with E-state index < -0.39 is 0 Å². The molecule has 0 aliphatic carbocycles. The normalized spacial score (nSPS) is 14.2. The van der Waals surface area contributed by atoms with Gasteiger partial charge in [-0.15, -0.1) is 11.3 Å². The molecule has 0 saturated heterocycles. The maximum absolute atomic E-state index is 2.31. The van der Waals surface area contributed by atoms with E-state index in [4.69, 9.17) is 0 Å². The summed E-state index contributed by atoms with van der Waals surface area (Å²) in [6.07, 6.45) is 4.27. The van der Waals surface area contributed by atoms with E-state index in [0.29, 0.717) is 0 Å². The smallest absolute Gasteiger partial charge is 0.361 e. The Morgan fingerprint density at radius 2 is 1.75 bits per heavy atom. The van der Waals surface area contributed by atoms with Crippen LogP contribution >= 0.6 is 11.3 Å². The van der Waals surface area contributed by atoms with Gasteiger partial charge in [0.1, 0.15) is 0 Å². The topological polar surface area (TPSA) is 6.48 Å². The Labute approximate surface area is 135 Å². The molecule has 2 nitrogen and oxygen atoms in total. The molecule has 0 unspecified atom stereocenters.